The number of methoxy groups -OCH3 is 1. The van der Waals surface area contributed by atoms with Crippen molar-refractivity contribution in [3.63, 3.8) is 0 Å². The van der Waals surface area contributed by atoms with Crippen molar-refractivity contribution >= 4 is 0 Å². The molecule has 1 atom stereocenters. The molecule has 3 nitrogen and oxygen atoms in total. The van der Waals surface area contributed by atoms with Crippen LogP contribution in [0.5, 0.6) is 5.75 Å². The Balaban J connectivity index is 2.41. The molecule has 16 heavy (non-hydrogen) atoms. The summed E-state index contributed by atoms with van der Waals surface area (Å²) >= 11 is 0. The van der Waals surface area contributed by atoms with E-state index in [1.807, 2.05) is 31.2 Å². The summed E-state index contributed by atoms with van der Waals surface area (Å²) in [6.45, 7) is 2.93. The maximum atomic E-state index is 8.79. The molecule has 0 aliphatic heterocycles. The summed E-state index contributed by atoms with van der Waals surface area (Å²) in [5.41, 5.74) is 1.12. The van der Waals surface area contributed by atoms with Gasteiger partial charge in [0.1, 0.15) is 5.75 Å². The molecular formula is C13H20O3. The molecule has 3 heteroatoms. The van der Waals surface area contributed by atoms with Gasteiger partial charge in [-0.25, -0.2) is 0 Å². The van der Waals surface area contributed by atoms with Gasteiger partial charge in [-0.05, 0) is 31.0 Å². The van der Waals surface area contributed by atoms with Crippen LogP contribution in [0.1, 0.15) is 18.9 Å². The van der Waals surface area contributed by atoms with Crippen LogP contribution in [0.4, 0.5) is 0 Å². The summed E-state index contributed by atoms with van der Waals surface area (Å²) in [7, 11) is 1.69. The number of hydrogen-bond acceptors (Lipinski definition) is 3. The van der Waals surface area contributed by atoms with Gasteiger partial charge >= 0.3 is 0 Å². The van der Waals surface area contributed by atoms with Crippen molar-refractivity contribution in [3.05, 3.63) is 29.8 Å². The third kappa shape index (κ3) is 4.64. The fourth-order valence-corrected chi connectivity index (χ4v) is 1.44. The summed E-state index contributed by atoms with van der Waals surface area (Å²) in [6.07, 6.45) is 1.73. The molecule has 90 valence electrons. The largest absolute Gasteiger partial charge is 0.491 e. The summed E-state index contributed by atoms with van der Waals surface area (Å²) in [5.74, 6) is 0.866. The monoisotopic (exact) mass is 224 g/mol. The highest BCUT2D eigenvalue weighted by atomic mass is 16.5. The van der Waals surface area contributed by atoms with Gasteiger partial charge in [-0.2, -0.15) is 0 Å². The molecule has 0 amide bonds. The van der Waals surface area contributed by atoms with Crippen LogP contribution in [0, 0.1) is 0 Å². The second-order valence-electron chi connectivity index (χ2n) is 3.83. The van der Waals surface area contributed by atoms with E-state index in [-0.39, 0.29) is 12.7 Å². The van der Waals surface area contributed by atoms with E-state index in [0.29, 0.717) is 13.0 Å². The zero-order chi connectivity index (χ0) is 11.8. The number of aliphatic hydroxyl groups is 1. The van der Waals surface area contributed by atoms with Crippen LogP contribution in [0.2, 0.25) is 0 Å². The Morgan fingerprint density at radius 2 is 1.94 bits per heavy atom. The van der Waals surface area contributed by atoms with Gasteiger partial charge in [0.15, 0.2) is 0 Å². The van der Waals surface area contributed by atoms with Crippen molar-refractivity contribution in [2.24, 2.45) is 0 Å². The van der Waals surface area contributed by atoms with Gasteiger partial charge in [0.05, 0.1) is 6.10 Å². The quantitative estimate of drug-likeness (QED) is 0.770. The highest BCUT2D eigenvalue weighted by Crippen LogP contribution is 2.15. The first kappa shape index (κ1) is 13.0. The molecule has 0 aliphatic rings. The Morgan fingerprint density at radius 3 is 2.50 bits per heavy atom. The zero-order valence-electron chi connectivity index (χ0n) is 9.98. The lowest BCUT2D eigenvalue weighted by Gasteiger charge is -2.14. The van der Waals surface area contributed by atoms with Crippen LogP contribution in [-0.2, 0) is 11.2 Å². The lowest BCUT2D eigenvalue weighted by molar-refractivity contribution is 0.135. The van der Waals surface area contributed by atoms with Crippen LogP contribution in [0.15, 0.2) is 24.3 Å². The first-order valence-electron chi connectivity index (χ1n) is 5.61. The van der Waals surface area contributed by atoms with Gasteiger partial charge in [-0.1, -0.05) is 12.1 Å². The summed E-state index contributed by atoms with van der Waals surface area (Å²) in [4.78, 5) is 0. The van der Waals surface area contributed by atoms with Gasteiger partial charge in [-0.3, -0.25) is 0 Å². The van der Waals surface area contributed by atoms with Crippen molar-refractivity contribution in [1.29, 1.82) is 0 Å². The van der Waals surface area contributed by atoms with E-state index in [4.69, 9.17) is 14.6 Å². The maximum absolute atomic E-state index is 8.79. The highest BCUT2D eigenvalue weighted by molar-refractivity contribution is 5.27. The van der Waals surface area contributed by atoms with Gasteiger partial charge < -0.3 is 14.6 Å². The molecule has 0 aliphatic carbocycles. The van der Waals surface area contributed by atoms with E-state index in [9.17, 15) is 0 Å². The summed E-state index contributed by atoms with van der Waals surface area (Å²) in [5, 5.41) is 8.79. The Bertz CT molecular complexity index is 282. The Hall–Kier alpha value is -1.06. The summed E-state index contributed by atoms with van der Waals surface area (Å²) in [6, 6.07) is 7.84. The molecule has 0 heterocycles. The van der Waals surface area contributed by atoms with E-state index in [1.165, 1.54) is 0 Å². The zero-order valence-corrected chi connectivity index (χ0v) is 9.98. The highest BCUT2D eigenvalue weighted by Gasteiger charge is 2.03. The molecule has 0 saturated carbocycles. The minimum Gasteiger partial charge on any atom is -0.491 e. The van der Waals surface area contributed by atoms with Gasteiger partial charge in [0.25, 0.3) is 0 Å². The second kappa shape index (κ2) is 7.25. The number of benzene rings is 1. The molecule has 0 radical (unpaired) electrons. The van der Waals surface area contributed by atoms with Crippen molar-refractivity contribution in [2.75, 3.05) is 20.3 Å². The lowest BCUT2D eigenvalue weighted by atomic mass is 10.1. The second-order valence-corrected chi connectivity index (χ2v) is 3.83. The average Bonchev–Trinajstić information content (AvgIpc) is 2.29. The number of hydrogen-bond donors (Lipinski definition) is 1. The van der Waals surface area contributed by atoms with Crippen molar-refractivity contribution in [1.82, 2.24) is 0 Å². The van der Waals surface area contributed by atoms with Crippen LogP contribution in [0.3, 0.4) is 0 Å². The fraction of sp³-hybridized carbons (Fsp3) is 0.538. The smallest absolute Gasteiger partial charge is 0.119 e. The molecule has 1 N–H and O–H groups in total. The number of rotatable bonds is 7. The minimum atomic E-state index is 0.156. The van der Waals surface area contributed by atoms with Gasteiger partial charge in [-0.15, -0.1) is 0 Å². The van der Waals surface area contributed by atoms with Crippen molar-refractivity contribution in [3.8, 4) is 5.75 Å². The molecule has 1 aromatic carbocycles. The first-order valence-corrected chi connectivity index (χ1v) is 5.61. The predicted octanol–water partition coefficient (Wildman–Crippen LogP) is 2.03. The Morgan fingerprint density at radius 1 is 1.25 bits per heavy atom. The molecular weight excluding hydrogens is 204 g/mol. The van der Waals surface area contributed by atoms with E-state index in [1.54, 1.807) is 7.11 Å². The minimum absolute atomic E-state index is 0.156. The fourth-order valence-electron chi connectivity index (χ4n) is 1.44. The third-order valence-corrected chi connectivity index (χ3v) is 2.39. The molecule has 0 bridgehead atoms. The average molecular weight is 224 g/mol. The normalized spacial score (nSPS) is 12.4. The van der Waals surface area contributed by atoms with Crippen LogP contribution >= 0.6 is 0 Å². The van der Waals surface area contributed by atoms with Crippen molar-refractivity contribution in [2.45, 2.75) is 25.9 Å². The first-order chi connectivity index (χ1) is 7.76. The van der Waals surface area contributed by atoms with Gasteiger partial charge in [0, 0.05) is 26.7 Å². The maximum Gasteiger partial charge on any atom is 0.119 e. The molecule has 1 rings (SSSR count). The Kier molecular flexibility index (Phi) is 5.90. The van der Waals surface area contributed by atoms with Crippen LogP contribution in [0.25, 0.3) is 0 Å². The predicted molar refractivity (Wildman–Crippen MR) is 63.8 cm³/mol. The molecule has 0 saturated heterocycles. The lowest BCUT2D eigenvalue weighted by Crippen LogP contribution is -2.14. The SMILES string of the molecule is COCCC(C)Oc1ccc(CCO)cc1. The van der Waals surface area contributed by atoms with E-state index < -0.39 is 0 Å². The molecule has 0 spiro atoms. The topological polar surface area (TPSA) is 38.7 Å². The Labute approximate surface area is 97.0 Å². The molecule has 1 aromatic rings. The van der Waals surface area contributed by atoms with Crippen molar-refractivity contribution < 1.29 is 14.6 Å². The molecule has 1 unspecified atom stereocenters. The number of ether oxygens (including phenoxy) is 2. The van der Waals surface area contributed by atoms with E-state index >= 15 is 0 Å². The van der Waals surface area contributed by atoms with Crippen LogP contribution < -0.4 is 4.74 Å². The van der Waals surface area contributed by atoms with Crippen LogP contribution in [-0.4, -0.2) is 31.5 Å². The third-order valence-electron chi connectivity index (χ3n) is 2.39. The number of aliphatic hydroxyl groups excluding tert-OH is 1. The van der Waals surface area contributed by atoms with E-state index in [0.717, 1.165) is 17.7 Å². The molecule has 0 aromatic heterocycles. The summed E-state index contributed by atoms with van der Waals surface area (Å²) < 4.78 is 10.7. The van der Waals surface area contributed by atoms with E-state index in [2.05, 4.69) is 0 Å². The molecule has 0 fully saturated rings. The van der Waals surface area contributed by atoms with Gasteiger partial charge in [0.2, 0.25) is 0 Å². The standard InChI is InChI=1S/C13H20O3/c1-11(8-10-15-2)16-13-5-3-12(4-6-13)7-9-14/h3-6,11,14H,7-10H2,1-2H3.